The minimum Gasteiger partial charge on any atom is -0.347 e. The Morgan fingerprint density at radius 3 is 2.70 bits per heavy atom. The van der Waals surface area contributed by atoms with E-state index < -0.39 is 11.6 Å². The third kappa shape index (κ3) is 3.25. The lowest BCUT2D eigenvalue weighted by atomic mass is 10.2. The summed E-state index contributed by atoms with van der Waals surface area (Å²) in [5.41, 5.74) is 1.02. The molecule has 0 saturated heterocycles. The van der Waals surface area contributed by atoms with E-state index in [1.165, 1.54) is 6.07 Å². The van der Waals surface area contributed by atoms with Crippen LogP contribution in [0.4, 0.5) is 8.78 Å². The Kier molecular flexibility index (Phi) is 4.54. The summed E-state index contributed by atoms with van der Waals surface area (Å²) in [6.45, 7) is 2.74. The van der Waals surface area contributed by atoms with Gasteiger partial charge in [0.05, 0.1) is 0 Å². The number of benzene rings is 1. The van der Waals surface area contributed by atoms with Gasteiger partial charge in [-0.3, -0.25) is 4.79 Å². The molecule has 6 heteroatoms. The minimum absolute atomic E-state index is 0.141. The lowest BCUT2D eigenvalue weighted by molar-refractivity contribution is 0.0941. The van der Waals surface area contributed by atoms with E-state index in [0.717, 1.165) is 16.6 Å². The Labute approximate surface area is 123 Å². The van der Waals surface area contributed by atoms with Gasteiger partial charge in [-0.05, 0) is 46.6 Å². The molecule has 3 nitrogen and oxygen atoms in total. The highest BCUT2D eigenvalue weighted by atomic mass is 79.9. The average Bonchev–Trinajstić information content (AvgIpc) is 2.81. The third-order valence-corrected chi connectivity index (χ3v) is 3.31. The van der Waals surface area contributed by atoms with E-state index in [1.54, 1.807) is 10.6 Å². The molecule has 106 valence electrons. The van der Waals surface area contributed by atoms with Crippen molar-refractivity contribution in [1.82, 2.24) is 9.88 Å². The van der Waals surface area contributed by atoms with Crippen LogP contribution in [0.1, 0.15) is 23.0 Å². The molecule has 1 N–H and O–H groups in total. The van der Waals surface area contributed by atoms with Crippen molar-refractivity contribution in [3.05, 3.63) is 57.8 Å². The first-order valence-corrected chi connectivity index (χ1v) is 6.88. The van der Waals surface area contributed by atoms with E-state index in [0.29, 0.717) is 17.8 Å². The topological polar surface area (TPSA) is 34.0 Å². The maximum absolute atomic E-state index is 13.1. The van der Waals surface area contributed by atoms with Crippen LogP contribution in [-0.2, 0) is 13.1 Å². The van der Waals surface area contributed by atoms with Crippen LogP contribution in [0, 0.1) is 11.6 Å². The van der Waals surface area contributed by atoms with Gasteiger partial charge in [0.15, 0.2) is 11.6 Å². The number of amides is 1. The number of halogens is 3. The molecule has 0 atom stereocenters. The smallest absolute Gasteiger partial charge is 0.268 e. The molecule has 0 spiro atoms. The Morgan fingerprint density at radius 1 is 1.30 bits per heavy atom. The second-order valence-corrected chi connectivity index (χ2v) is 5.18. The average molecular weight is 343 g/mol. The highest BCUT2D eigenvalue weighted by Crippen LogP contribution is 2.15. The SMILES string of the molecule is CCn1cc(Br)cc1C(=O)NCc1ccc(F)c(F)c1. The summed E-state index contributed by atoms with van der Waals surface area (Å²) >= 11 is 3.31. The van der Waals surface area contributed by atoms with E-state index in [-0.39, 0.29) is 12.5 Å². The molecule has 0 saturated carbocycles. The predicted molar refractivity (Wildman–Crippen MR) is 75.3 cm³/mol. The zero-order chi connectivity index (χ0) is 14.7. The Morgan fingerprint density at radius 2 is 2.05 bits per heavy atom. The molecule has 0 fully saturated rings. The van der Waals surface area contributed by atoms with Crippen molar-refractivity contribution < 1.29 is 13.6 Å². The quantitative estimate of drug-likeness (QED) is 0.906. The zero-order valence-corrected chi connectivity index (χ0v) is 12.4. The van der Waals surface area contributed by atoms with Crippen LogP contribution >= 0.6 is 15.9 Å². The maximum Gasteiger partial charge on any atom is 0.268 e. The maximum atomic E-state index is 13.1. The van der Waals surface area contributed by atoms with Gasteiger partial charge in [-0.2, -0.15) is 0 Å². The summed E-state index contributed by atoms with van der Waals surface area (Å²) in [6.07, 6.45) is 1.81. The molecular weight excluding hydrogens is 330 g/mol. The Balaban J connectivity index is 2.06. The second-order valence-electron chi connectivity index (χ2n) is 4.26. The summed E-state index contributed by atoms with van der Waals surface area (Å²) in [6, 6.07) is 5.27. The molecule has 20 heavy (non-hydrogen) atoms. The van der Waals surface area contributed by atoms with E-state index in [4.69, 9.17) is 0 Å². The van der Waals surface area contributed by atoms with Crippen molar-refractivity contribution in [1.29, 1.82) is 0 Å². The van der Waals surface area contributed by atoms with Gasteiger partial charge in [-0.1, -0.05) is 6.07 Å². The van der Waals surface area contributed by atoms with Crippen molar-refractivity contribution >= 4 is 21.8 Å². The van der Waals surface area contributed by atoms with Crippen LogP contribution in [0.15, 0.2) is 34.9 Å². The van der Waals surface area contributed by atoms with Crippen LogP contribution < -0.4 is 5.32 Å². The molecule has 1 aromatic carbocycles. The predicted octanol–water partition coefficient (Wildman–Crippen LogP) is 3.48. The number of carbonyl (C=O) groups excluding carboxylic acids is 1. The van der Waals surface area contributed by atoms with E-state index in [1.807, 2.05) is 13.1 Å². The molecule has 2 aromatic rings. The number of aromatic nitrogens is 1. The van der Waals surface area contributed by atoms with Crippen molar-refractivity contribution in [3.8, 4) is 0 Å². The number of nitrogens with zero attached hydrogens (tertiary/aromatic N) is 1. The Hall–Kier alpha value is -1.69. The monoisotopic (exact) mass is 342 g/mol. The highest BCUT2D eigenvalue weighted by molar-refractivity contribution is 9.10. The molecule has 1 amide bonds. The van der Waals surface area contributed by atoms with Gasteiger partial charge in [0, 0.05) is 23.8 Å². The van der Waals surface area contributed by atoms with Crippen molar-refractivity contribution in [2.24, 2.45) is 0 Å². The number of aryl methyl sites for hydroxylation is 1. The van der Waals surface area contributed by atoms with Gasteiger partial charge < -0.3 is 9.88 Å². The first kappa shape index (κ1) is 14.7. The summed E-state index contributed by atoms with van der Waals surface area (Å²) in [5.74, 6) is -2.08. The van der Waals surface area contributed by atoms with Gasteiger partial charge in [0.25, 0.3) is 5.91 Å². The summed E-state index contributed by atoms with van der Waals surface area (Å²) in [7, 11) is 0. The van der Waals surface area contributed by atoms with Crippen molar-refractivity contribution in [2.75, 3.05) is 0 Å². The molecule has 0 unspecified atom stereocenters. The number of nitrogens with one attached hydrogen (secondary N) is 1. The van der Waals surface area contributed by atoms with Gasteiger partial charge in [0.2, 0.25) is 0 Å². The molecule has 0 aliphatic carbocycles. The van der Waals surface area contributed by atoms with Crippen LogP contribution in [0.5, 0.6) is 0 Å². The van der Waals surface area contributed by atoms with Gasteiger partial charge in [0.1, 0.15) is 5.69 Å². The molecule has 0 radical (unpaired) electrons. The van der Waals surface area contributed by atoms with Crippen LogP contribution in [0.3, 0.4) is 0 Å². The number of hydrogen-bond acceptors (Lipinski definition) is 1. The highest BCUT2D eigenvalue weighted by Gasteiger charge is 2.12. The first-order chi connectivity index (χ1) is 9.51. The van der Waals surface area contributed by atoms with Crippen LogP contribution in [0.25, 0.3) is 0 Å². The van der Waals surface area contributed by atoms with E-state index >= 15 is 0 Å². The lowest BCUT2D eigenvalue weighted by Crippen LogP contribution is -2.25. The zero-order valence-electron chi connectivity index (χ0n) is 10.8. The molecule has 0 bridgehead atoms. The lowest BCUT2D eigenvalue weighted by Gasteiger charge is -2.08. The molecule has 0 aliphatic heterocycles. The summed E-state index contributed by atoms with van der Waals surface area (Å²) in [5, 5.41) is 2.68. The van der Waals surface area contributed by atoms with Gasteiger partial charge in [-0.15, -0.1) is 0 Å². The van der Waals surface area contributed by atoms with E-state index in [9.17, 15) is 13.6 Å². The van der Waals surface area contributed by atoms with Crippen molar-refractivity contribution in [2.45, 2.75) is 20.0 Å². The molecule has 1 aromatic heterocycles. The fourth-order valence-corrected chi connectivity index (χ4v) is 2.31. The second kappa shape index (κ2) is 6.17. The largest absolute Gasteiger partial charge is 0.347 e. The number of hydrogen-bond donors (Lipinski definition) is 1. The Bertz CT molecular complexity index is 640. The standard InChI is InChI=1S/C14H13BrF2N2O/c1-2-19-8-10(15)6-13(19)14(20)18-7-9-3-4-11(16)12(17)5-9/h3-6,8H,2,7H2,1H3,(H,18,20). The molecule has 1 heterocycles. The van der Waals surface area contributed by atoms with Gasteiger partial charge >= 0.3 is 0 Å². The fourth-order valence-electron chi connectivity index (χ4n) is 1.85. The first-order valence-electron chi connectivity index (χ1n) is 6.09. The molecule has 2 rings (SSSR count). The van der Waals surface area contributed by atoms with E-state index in [2.05, 4.69) is 21.2 Å². The van der Waals surface area contributed by atoms with Gasteiger partial charge in [-0.25, -0.2) is 8.78 Å². The summed E-state index contributed by atoms with van der Waals surface area (Å²) in [4.78, 5) is 12.0. The third-order valence-electron chi connectivity index (χ3n) is 2.87. The van der Waals surface area contributed by atoms with Crippen LogP contribution in [0.2, 0.25) is 0 Å². The number of rotatable bonds is 4. The summed E-state index contributed by atoms with van der Waals surface area (Å²) < 4.78 is 28.5. The van der Waals surface area contributed by atoms with Crippen molar-refractivity contribution in [3.63, 3.8) is 0 Å². The number of carbonyl (C=O) groups is 1. The normalized spacial score (nSPS) is 10.6. The molecular formula is C14H13BrF2N2O. The fraction of sp³-hybridized carbons (Fsp3) is 0.214. The van der Waals surface area contributed by atoms with Crippen LogP contribution in [-0.4, -0.2) is 10.5 Å². The minimum atomic E-state index is -0.920. The molecule has 0 aliphatic rings.